The predicted molar refractivity (Wildman–Crippen MR) is 109 cm³/mol. The lowest BCUT2D eigenvalue weighted by Crippen LogP contribution is -2.26. The molecule has 12 heteroatoms. The Bertz CT molecular complexity index is 1320. The minimum absolute atomic E-state index is 0.0660. The van der Waals surface area contributed by atoms with Crippen LogP contribution in [0.2, 0.25) is 0 Å². The molecule has 0 spiro atoms. The van der Waals surface area contributed by atoms with Crippen molar-refractivity contribution in [2.75, 3.05) is 6.61 Å². The lowest BCUT2D eigenvalue weighted by molar-refractivity contribution is -0.141. The molecule has 3 heterocycles. The average molecular weight is 463 g/mol. The number of aryl methyl sites for hydroxylation is 2. The summed E-state index contributed by atoms with van der Waals surface area (Å²) in [6, 6.07) is 3.07. The topological polar surface area (TPSA) is 104 Å². The number of carbonyl (C=O) groups is 2. The summed E-state index contributed by atoms with van der Waals surface area (Å²) in [6.45, 7) is 2.04. The van der Waals surface area contributed by atoms with Gasteiger partial charge in [0, 0.05) is 49.7 Å². The molecule has 1 amide bonds. The highest BCUT2D eigenvalue weighted by atomic mass is 19.4. The highest BCUT2D eigenvalue weighted by molar-refractivity contribution is 6.02. The molecule has 0 unspecified atom stereocenters. The molecule has 0 radical (unpaired) electrons. The first-order valence-corrected chi connectivity index (χ1v) is 10.1. The summed E-state index contributed by atoms with van der Waals surface area (Å²) in [5.74, 6) is -0.158. The van der Waals surface area contributed by atoms with E-state index in [0.29, 0.717) is 5.56 Å². The third kappa shape index (κ3) is 4.28. The van der Waals surface area contributed by atoms with Crippen molar-refractivity contribution in [3.63, 3.8) is 0 Å². The molecular formula is C21H20F3N5O4. The molecule has 0 aliphatic carbocycles. The van der Waals surface area contributed by atoms with Crippen molar-refractivity contribution in [1.29, 1.82) is 0 Å². The highest BCUT2D eigenvalue weighted by Gasteiger charge is 2.39. The van der Waals surface area contributed by atoms with Gasteiger partial charge in [0.2, 0.25) is 5.62 Å². The number of alkyl halides is 3. The van der Waals surface area contributed by atoms with Crippen LogP contribution in [-0.4, -0.2) is 42.5 Å². The van der Waals surface area contributed by atoms with Crippen LogP contribution in [-0.2, 0) is 26.3 Å². The molecule has 1 N–H and O–H groups in total. The zero-order chi connectivity index (χ0) is 23.9. The summed E-state index contributed by atoms with van der Waals surface area (Å²) >= 11 is 0. The molecule has 4 rings (SSSR count). The lowest BCUT2D eigenvalue weighted by atomic mass is 9.94. The van der Waals surface area contributed by atoms with E-state index in [-0.39, 0.29) is 60.0 Å². The quantitative estimate of drug-likeness (QED) is 0.639. The fraction of sp³-hybridized carbons (Fsp3) is 0.333. The molecule has 0 bridgehead atoms. The van der Waals surface area contributed by atoms with Crippen molar-refractivity contribution in [3.05, 3.63) is 53.2 Å². The number of hydrogen-bond donors (Lipinski definition) is 1. The number of Topliss-reactive ketones (excluding diaryl/α,β-unsaturated/α-hetero) is 1. The van der Waals surface area contributed by atoms with Crippen LogP contribution in [0, 0.1) is 0 Å². The number of nitrogens with zero attached hydrogens (tertiary/aromatic N) is 5. The van der Waals surface area contributed by atoms with Crippen LogP contribution in [0.25, 0.3) is 11.1 Å². The summed E-state index contributed by atoms with van der Waals surface area (Å²) in [5, 5.41) is 12.7. The third-order valence-corrected chi connectivity index (χ3v) is 5.26. The Kier molecular flexibility index (Phi) is 5.60. The number of carboxylic acid groups (broad SMARTS) is 1. The molecule has 0 saturated heterocycles. The maximum Gasteiger partial charge on any atom is 0.435 e. The van der Waals surface area contributed by atoms with Crippen molar-refractivity contribution >= 4 is 11.9 Å². The molecule has 3 aromatic rings. The van der Waals surface area contributed by atoms with Crippen LogP contribution in [0.4, 0.5) is 18.0 Å². The molecule has 9 nitrogen and oxygen atoms in total. The zero-order valence-electron chi connectivity index (χ0n) is 17.8. The number of aromatic nitrogens is 4. The minimum Gasteiger partial charge on any atom is -0.492 e. The van der Waals surface area contributed by atoms with Gasteiger partial charge in [-0.3, -0.25) is 9.48 Å². The van der Waals surface area contributed by atoms with E-state index in [1.807, 2.05) is 0 Å². The Morgan fingerprint density at radius 3 is 2.64 bits per heavy atom. The van der Waals surface area contributed by atoms with E-state index in [1.54, 1.807) is 32.4 Å². The Balaban J connectivity index is 1.92. The van der Waals surface area contributed by atoms with Crippen LogP contribution in [0.1, 0.15) is 35.0 Å². The maximum absolute atomic E-state index is 13.8. The number of imidazole rings is 1. The Morgan fingerprint density at radius 2 is 1.97 bits per heavy atom. The van der Waals surface area contributed by atoms with Crippen molar-refractivity contribution in [1.82, 2.24) is 18.9 Å². The molecule has 0 saturated carbocycles. The van der Waals surface area contributed by atoms with Gasteiger partial charge in [-0.05, 0) is 24.6 Å². The molecule has 1 aliphatic rings. The number of hydrogen-bond acceptors (Lipinski definition) is 4. The smallest absolute Gasteiger partial charge is 0.435 e. The number of rotatable bonds is 4. The molecule has 33 heavy (non-hydrogen) atoms. The lowest BCUT2D eigenvalue weighted by Gasteiger charge is -2.21. The standard InChI is InChI=1S/C21H20F3N5O4/c1-3-29-11-15(18(26-29)21(22,23)24)13-8-12(9-14-16(30)4-7-33-17(13)14)10-28-6-5-27(2)19(28)25-20(31)32/h5-6,8-9,11H,3-4,7,10H2,1-2H3,(H,31,32). The normalized spacial score (nSPS) is 14.3. The Morgan fingerprint density at radius 1 is 1.24 bits per heavy atom. The summed E-state index contributed by atoms with van der Waals surface area (Å²) in [5.41, 5.74) is -0.364. The molecular weight excluding hydrogens is 443 g/mol. The summed E-state index contributed by atoms with van der Waals surface area (Å²) < 4.78 is 51.1. The summed E-state index contributed by atoms with van der Waals surface area (Å²) in [6.07, 6.45) is -1.52. The number of ketones is 1. The van der Waals surface area contributed by atoms with Crippen LogP contribution in [0.5, 0.6) is 5.75 Å². The van der Waals surface area contributed by atoms with Gasteiger partial charge in [-0.1, -0.05) is 0 Å². The monoisotopic (exact) mass is 463 g/mol. The largest absolute Gasteiger partial charge is 0.492 e. The van der Waals surface area contributed by atoms with Gasteiger partial charge >= 0.3 is 12.3 Å². The van der Waals surface area contributed by atoms with E-state index in [1.165, 1.54) is 26.1 Å². The Hall–Kier alpha value is -3.83. The molecule has 0 atom stereocenters. The summed E-state index contributed by atoms with van der Waals surface area (Å²) in [4.78, 5) is 27.2. The van der Waals surface area contributed by atoms with E-state index in [4.69, 9.17) is 9.84 Å². The SMILES string of the molecule is CCn1cc(-c2cc(Cn3ccn(C)c3=NC(=O)O)cc3c2OCCC3=O)c(C(F)(F)F)n1. The number of amides is 1. The van der Waals surface area contributed by atoms with Gasteiger partial charge in [0.25, 0.3) is 0 Å². The van der Waals surface area contributed by atoms with E-state index in [2.05, 4.69) is 10.1 Å². The molecule has 1 aromatic carbocycles. The Labute approximate surface area is 185 Å². The number of halogens is 3. The highest BCUT2D eigenvalue weighted by Crippen LogP contribution is 2.43. The van der Waals surface area contributed by atoms with Gasteiger partial charge < -0.3 is 19.0 Å². The van der Waals surface area contributed by atoms with Gasteiger partial charge in [-0.2, -0.15) is 18.3 Å². The van der Waals surface area contributed by atoms with E-state index < -0.39 is 18.0 Å². The number of fused-ring (bicyclic) bond motifs is 1. The van der Waals surface area contributed by atoms with E-state index in [9.17, 15) is 22.8 Å². The molecule has 0 fully saturated rings. The zero-order valence-corrected chi connectivity index (χ0v) is 17.8. The fourth-order valence-electron chi connectivity index (χ4n) is 3.78. The first kappa shape index (κ1) is 22.4. The van der Waals surface area contributed by atoms with Gasteiger partial charge in [-0.25, -0.2) is 4.79 Å². The van der Waals surface area contributed by atoms with Crippen LogP contribution in [0.3, 0.4) is 0 Å². The van der Waals surface area contributed by atoms with Crippen LogP contribution >= 0.6 is 0 Å². The number of benzene rings is 1. The minimum atomic E-state index is -4.71. The van der Waals surface area contributed by atoms with E-state index >= 15 is 0 Å². The van der Waals surface area contributed by atoms with Crippen molar-refractivity contribution < 1.29 is 32.6 Å². The van der Waals surface area contributed by atoms with Crippen molar-refractivity contribution in [2.45, 2.75) is 32.6 Å². The number of carbonyl (C=O) groups excluding carboxylic acids is 1. The predicted octanol–water partition coefficient (Wildman–Crippen LogP) is 3.32. The third-order valence-electron chi connectivity index (χ3n) is 5.26. The van der Waals surface area contributed by atoms with Crippen LogP contribution in [0.15, 0.2) is 35.7 Å². The van der Waals surface area contributed by atoms with E-state index in [0.717, 1.165) is 0 Å². The van der Waals surface area contributed by atoms with Gasteiger partial charge in [0.05, 0.1) is 18.7 Å². The average Bonchev–Trinajstić information content (AvgIpc) is 3.33. The second-order valence-electron chi connectivity index (χ2n) is 7.52. The van der Waals surface area contributed by atoms with Gasteiger partial charge in [0.1, 0.15) is 5.75 Å². The molecule has 174 valence electrons. The second kappa shape index (κ2) is 8.26. The first-order valence-electron chi connectivity index (χ1n) is 10.1. The van der Waals surface area contributed by atoms with Crippen LogP contribution < -0.4 is 10.4 Å². The van der Waals surface area contributed by atoms with Gasteiger partial charge in [-0.15, -0.1) is 4.99 Å². The maximum atomic E-state index is 13.8. The molecule has 1 aliphatic heterocycles. The van der Waals surface area contributed by atoms with Gasteiger partial charge in [0.15, 0.2) is 11.5 Å². The summed E-state index contributed by atoms with van der Waals surface area (Å²) in [7, 11) is 1.61. The fourth-order valence-corrected chi connectivity index (χ4v) is 3.78. The number of ether oxygens (including phenoxy) is 1. The second-order valence-corrected chi connectivity index (χ2v) is 7.52. The molecule has 2 aromatic heterocycles. The van der Waals surface area contributed by atoms with Crippen molar-refractivity contribution in [3.8, 4) is 16.9 Å². The van der Waals surface area contributed by atoms with Crippen molar-refractivity contribution in [2.24, 2.45) is 12.0 Å². The first-order chi connectivity index (χ1) is 15.6.